The molecule has 0 amide bonds. The van der Waals surface area contributed by atoms with Crippen LogP contribution in [0.25, 0.3) is 0 Å². The molecule has 0 bridgehead atoms. The molecule has 0 aliphatic heterocycles. The minimum absolute atomic E-state index is 0.0615. The van der Waals surface area contributed by atoms with Gasteiger partial charge < -0.3 is 14.8 Å². The number of esters is 1. The first kappa shape index (κ1) is 11.5. The van der Waals surface area contributed by atoms with Gasteiger partial charge in [-0.15, -0.1) is 0 Å². The summed E-state index contributed by atoms with van der Waals surface area (Å²) in [6.45, 7) is 0.0615. The van der Waals surface area contributed by atoms with Gasteiger partial charge in [0.15, 0.2) is 0 Å². The number of nitrogens with one attached hydrogen (secondary N) is 1. The first-order chi connectivity index (χ1) is 6.76. The molecule has 4 heteroatoms. The number of carbonyl (C=O) groups is 1. The van der Waals surface area contributed by atoms with Gasteiger partial charge in [-0.1, -0.05) is 0 Å². The van der Waals surface area contributed by atoms with Gasteiger partial charge in [0, 0.05) is 13.2 Å². The Kier molecular flexibility index (Phi) is 4.90. The van der Waals surface area contributed by atoms with Crippen LogP contribution in [0.2, 0.25) is 0 Å². The van der Waals surface area contributed by atoms with Crippen LogP contribution in [0.1, 0.15) is 25.7 Å². The Balaban J connectivity index is 2.18. The average Bonchev–Trinajstić information content (AvgIpc) is 2.19. The summed E-state index contributed by atoms with van der Waals surface area (Å²) < 4.78 is 9.93. The molecule has 0 heterocycles. The van der Waals surface area contributed by atoms with Crippen molar-refractivity contribution in [3.05, 3.63) is 0 Å². The summed E-state index contributed by atoms with van der Waals surface area (Å²) in [5, 5.41) is 3.24. The lowest BCUT2D eigenvalue weighted by atomic mass is 9.93. The fourth-order valence-electron chi connectivity index (χ4n) is 1.81. The zero-order valence-electron chi connectivity index (χ0n) is 8.91. The number of rotatable bonds is 4. The predicted molar refractivity (Wildman–Crippen MR) is 53.1 cm³/mol. The van der Waals surface area contributed by atoms with Gasteiger partial charge in [0.1, 0.15) is 12.7 Å². The predicted octanol–water partition coefficient (Wildman–Crippen LogP) is 0.707. The van der Waals surface area contributed by atoms with Crippen LogP contribution >= 0.6 is 0 Å². The second-order valence-electron chi connectivity index (χ2n) is 3.69. The molecule has 0 atom stereocenters. The molecule has 0 unspecified atom stereocenters. The number of hydrogen-bond acceptors (Lipinski definition) is 4. The number of methoxy groups -OCH3 is 1. The molecule has 0 spiro atoms. The Morgan fingerprint density at radius 1 is 1.36 bits per heavy atom. The fraction of sp³-hybridized carbons (Fsp3) is 0.900. The van der Waals surface area contributed by atoms with Crippen molar-refractivity contribution in [2.45, 2.75) is 37.8 Å². The first-order valence-electron chi connectivity index (χ1n) is 5.12. The van der Waals surface area contributed by atoms with Crippen LogP contribution in [0.4, 0.5) is 0 Å². The van der Waals surface area contributed by atoms with E-state index in [1.54, 1.807) is 0 Å². The summed E-state index contributed by atoms with van der Waals surface area (Å²) in [6, 6.07) is 0.590. The summed E-state index contributed by atoms with van der Waals surface area (Å²) in [7, 11) is 3.47. The minimum atomic E-state index is -0.250. The number of carbonyl (C=O) groups excluding carboxylic acids is 1. The SMILES string of the molecule is CNC1CCC(OC(=O)COC)CC1. The molecule has 1 aliphatic carbocycles. The first-order valence-corrected chi connectivity index (χ1v) is 5.12. The Labute approximate surface area is 85.0 Å². The topological polar surface area (TPSA) is 47.6 Å². The number of ether oxygens (including phenoxy) is 2. The molecule has 82 valence electrons. The molecule has 1 fully saturated rings. The van der Waals surface area contributed by atoms with Crippen molar-refractivity contribution in [1.82, 2.24) is 5.32 Å². The van der Waals surface area contributed by atoms with Crippen LogP contribution in [0, 0.1) is 0 Å². The normalized spacial score (nSPS) is 27.3. The van der Waals surface area contributed by atoms with E-state index in [-0.39, 0.29) is 18.7 Å². The van der Waals surface area contributed by atoms with Crippen molar-refractivity contribution in [1.29, 1.82) is 0 Å². The van der Waals surface area contributed by atoms with E-state index in [2.05, 4.69) is 5.32 Å². The highest BCUT2D eigenvalue weighted by Gasteiger charge is 2.22. The summed E-state index contributed by atoms with van der Waals surface area (Å²) in [5.74, 6) is -0.250. The maximum Gasteiger partial charge on any atom is 0.332 e. The lowest BCUT2D eigenvalue weighted by Crippen LogP contribution is -2.34. The zero-order valence-corrected chi connectivity index (χ0v) is 8.91. The second kappa shape index (κ2) is 5.98. The van der Waals surface area contributed by atoms with E-state index in [1.807, 2.05) is 7.05 Å². The minimum Gasteiger partial charge on any atom is -0.461 e. The largest absolute Gasteiger partial charge is 0.461 e. The summed E-state index contributed by atoms with van der Waals surface area (Å²) >= 11 is 0. The van der Waals surface area contributed by atoms with Crippen LogP contribution < -0.4 is 5.32 Å². The molecular formula is C10H19NO3. The summed E-state index contributed by atoms with van der Waals surface area (Å²) in [5.41, 5.74) is 0. The number of hydrogen-bond donors (Lipinski definition) is 1. The van der Waals surface area contributed by atoms with Crippen molar-refractivity contribution in [2.75, 3.05) is 20.8 Å². The lowest BCUT2D eigenvalue weighted by Gasteiger charge is -2.27. The van der Waals surface area contributed by atoms with Gasteiger partial charge in [-0.05, 0) is 32.7 Å². The molecule has 1 saturated carbocycles. The Morgan fingerprint density at radius 3 is 2.50 bits per heavy atom. The average molecular weight is 201 g/mol. The Bertz CT molecular complexity index is 176. The van der Waals surface area contributed by atoms with Crippen LogP contribution in [0.15, 0.2) is 0 Å². The van der Waals surface area contributed by atoms with Crippen molar-refractivity contribution >= 4 is 5.97 Å². The fourth-order valence-corrected chi connectivity index (χ4v) is 1.81. The molecule has 0 saturated heterocycles. The van der Waals surface area contributed by atoms with Gasteiger partial charge in [0.25, 0.3) is 0 Å². The molecule has 1 aliphatic rings. The van der Waals surface area contributed by atoms with Crippen LogP contribution in [0.3, 0.4) is 0 Å². The van der Waals surface area contributed by atoms with E-state index in [4.69, 9.17) is 9.47 Å². The third-order valence-electron chi connectivity index (χ3n) is 2.64. The molecule has 0 aromatic heterocycles. The highest BCUT2D eigenvalue weighted by Crippen LogP contribution is 2.20. The molecule has 1 N–H and O–H groups in total. The van der Waals surface area contributed by atoms with Crippen molar-refractivity contribution < 1.29 is 14.3 Å². The molecule has 4 nitrogen and oxygen atoms in total. The van der Waals surface area contributed by atoms with E-state index < -0.39 is 0 Å². The van der Waals surface area contributed by atoms with Gasteiger partial charge in [0.2, 0.25) is 0 Å². The molecule has 0 aromatic carbocycles. The molecule has 0 aromatic rings. The van der Waals surface area contributed by atoms with E-state index in [0.29, 0.717) is 6.04 Å². The molecular weight excluding hydrogens is 182 g/mol. The van der Waals surface area contributed by atoms with Gasteiger partial charge in [-0.2, -0.15) is 0 Å². The molecule has 1 rings (SSSR count). The van der Waals surface area contributed by atoms with Crippen molar-refractivity contribution in [3.63, 3.8) is 0 Å². The van der Waals surface area contributed by atoms with Crippen LogP contribution in [-0.4, -0.2) is 38.9 Å². The maximum atomic E-state index is 11.1. The van der Waals surface area contributed by atoms with E-state index in [1.165, 1.54) is 7.11 Å². The van der Waals surface area contributed by atoms with E-state index in [9.17, 15) is 4.79 Å². The highest BCUT2D eigenvalue weighted by atomic mass is 16.6. The Morgan fingerprint density at radius 2 is 2.00 bits per heavy atom. The Hall–Kier alpha value is -0.610. The van der Waals surface area contributed by atoms with E-state index >= 15 is 0 Å². The van der Waals surface area contributed by atoms with Gasteiger partial charge in [-0.25, -0.2) is 4.79 Å². The quantitative estimate of drug-likeness (QED) is 0.680. The third-order valence-corrected chi connectivity index (χ3v) is 2.64. The standard InChI is InChI=1S/C10H19NO3/c1-11-8-3-5-9(6-4-8)14-10(12)7-13-2/h8-9,11H,3-7H2,1-2H3. The van der Waals surface area contributed by atoms with Crippen molar-refractivity contribution in [2.24, 2.45) is 0 Å². The zero-order chi connectivity index (χ0) is 10.4. The third kappa shape index (κ3) is 3.64. The van der Waals surface area contributed by atoms with Crippen LogP contribution in [-0.2, 0) is 14.3 Å². The summed E-state index contributed by atoms with van der Waals surface area (Å²) in [4.78, 5) is 11.1. The molecule has 14 heavy (non-hydrogen) atoms. The highest BCUT2D eigenvalue weighted by molar-refractivity contribution is 5.70. The monoisotopic (exact) mass is 201 g/mol. The lowest BCUT2D eigenvalue weighted by molar-refractivity contribution is -0.155. The molecule has 0 radical (unpaired) electrons. The van der Waals surface area contributed by atoms with E-state index in [0.717, 1.165) is 25.7 Å². The smallest absolute Gasteiger partial charge is 0.332 e. The summed E-state index contributed by atoms with van der Waals surface area (Å²) in [6.07, 6.45) is 4.19. The van der Waals surface area contributed by atoms with Gasteiger partial charge >= 0.3 is 5.97 Å². The van der Waals surface area contributed by atoms with Crippen molar-refractivity contribution in [3.8, 4) is 0 Å². The second-order valence-corrected chi connectivity index (χ2v) is 3.69. The van der Waals surface area contributed by atoms with Gasteiger partial charge in [0.05, 0.1) is 0 Å². The van der Waals surface area contributed by atoms with Gasteiger partial charge in [-0.3, -0.25) is 0 Å². The van der Waals surface area contributed by atoms with Crippen LogP contribution in [0.5, 0.6) is 0 Å². The maximum absolute atomic E-state index is 11.1.